The summed E-state index contributed by atoms with van der Waals surface area (Å²) in [6.07, 6.45) is 3.89. The molecule has 1 aromatic carbocycles. The van der Waals surface area contributed by atoms with Crippen molar-refractivity contribution in [2.45, 2.75) is 12.1 Å². The lowest BCUT2D eigenvalue weighted by molar-refractivity contribution is -0.135. The highest BCUT2D eigenvalue weighted by molar-refractivity contribution is 5.90. The van der Waals surface area contributed by atoms with Crippen molar-refractivity contribution < 1.29 is 14.3 Å². The molecule has 2 aliphatic carbocycles. The van der Waals surface area contributed by atoms with Crippen LogP contribution in [0, 0.1) is 17.8 Å². The average molecular weight is 255 g/mol. The molecule has 1 saturated carbocycles. The van der Waals surface area contributed by atoms with Crippen molar-refractivity contribution in [3.8, 4) is 0 Å². The van der Waals surface area contributed by atoms with E-state index in [0.717, 1.165) is 0 Å². The summed E-state index contributed by atoms with van der Waals surface area (Å²) >= 11 is 0. The zero-order valence-corrected chi connectivity index (χ0v) is 10.2. The van der Waals surface area contributed by atoms with E-state index >= 15 is 0 Å². The smallest absolute Gasteiger partial charge is 0.338 e. The van der Waals surface area contributed by atoms with Gasteiger partial charge in [-0.3, -0.25) is 4.79 Å². The molecule has 4 nitrogen and oxygen atoms in total. The van der Waals surface area contributed by atoms with Crippen molar-refractivity contribution >= 4 is 11.9 Å². The number of β-lactam (4-membered cyclic amide) rings is 1. The normalized spacial score (nSPS) is 37.5. The van der Waals surface area contributed by atoms with Crippen LogP contribution < -0.4 is 5.32 Å². The van der Waals surface area contributed by atoms with E-state index in [4.69, 9.17) is 4.74 Å². The second kappa shape index (κ2) is 3.70. The highest BCUT2D eigenvalue weighted by atomic mass is 16.5. The minimum absolute atomic E-state index is 0.00331. The Bertz CT molecular complexity index is 580. The molecule has 1 N–H and O–H groups in total. The first-order valence-corrected chi connectivity index (χ1v) is 6.50. The number of ether oxygens (including phenoxy) is 1. The van der Waals surface area contributed by atoms with Gasteiger partial charge in [-0.15, -0.1) is 0 Å². The number of hydrogen-bond donors (Lipinski definition) is 1. The molecule has 4 rings (SSSR count). The number of hydrogen-bond acceptors (Lipinski definition) is 3. The molecule has 1 saturated heterocycles. The van der Waals surface area contributed by atoms with Gasteiger partial charge in [-0.05, 0) is 12.1 Å². The van der Waals surface area contributed by atoms with Gasteiger partial charge in [0.05, 0.1) is 17.5 Å². The van der Waals surface area contributed by atoms with E-state index in [1.807, 2.05) is 24.3 Å². The summed E-state index contributed by atoms with van der Waals surface area (Å²) in [6.45, 7) is 0. The summed E-state index contributed by atoms with van der Waals surface area (Å²) in [4.78, 5) is 23.6. The molecular weight excluding hydrogens is 242 g/mol. The second-order valence-electron chi connectivity index (χ2n) is 5.34. The zero-order chi connectivity index (χ0) is 13.0. The quantitative estimate of drug-likeness (QED) is 0.490. The number of rotatable bonds is 2. The molecule has 4 heteroatoms. The van der Waals surface area contributed by atoms with E-state index in [9.17, 15) is 9.59 Å². The van der Waals surface area contributed by atoms with E-state index in [-0.39, 0.29) is 41.8 Å². The van der Waals surface area contributed by atoms with Gasteiger partial charge in [-0.25, -0.2) is 4.79 Å². The molecule has 0 spiro atoms. The van der Waals surface area contributed by atoms with Gasteiger partial charge in [0, 0.05) is 11.8 Å². The third-order valence-electron chi connectivity index (χ3n) is 4.39. The standard InChI is InChI=1S/C15H13NO3/c17-14-11-9-6-7-10(12(11)16-14)13(9)19-15(18)8-4-2-1-3-5-8/h1-7,9-13H,(H,16,17)/t9-,10-,11-,12-,13-/m1/s1. The van der Waals surface area contributed by atoms with Crippen molar-refractivity contribution in [2.24, 2.45) is 17.8 Å². The van der Waals surface area contributed by atoms with Gasteiger partial charge in [0.15, 0.2) is 0 Å². The van der Waals surface area contributed by atoms with Crippen LogP contribution in [0.3, 0.4) is 0 Å². The fraction of sp³-hybridized carbons (Fsp3) is 0.333. The zero-order valence-electron chi connectivity index (χ0n) is 10.2. The summed E-state index contributed by atoms with van der Waals surface area (Å²) in [5, 5.41) is 2.90. The van der Waals surface area contributed by atoms with Crippen LogP contribution in [-0.2, 0) is 9.53 Å². The maximum atomic E-state index is 12.1. The second-order valence-corrected chi connectivity index (χ2v) is 5.34. The Hall–Kier alpha value is -2.10. The number of amides is 1. The van der Waals surface area contributed by atoms with Crippen molar-refractivity contribution in [3.63, 3.8) is 0 Å². The fourth-order valence-corrected chi connectivity index (χ4v) is 3.47. The largest absolute Gasteiger partial charge is 0.457 e. The van der Waals surface area contributed by atoms with Crippen molar-refractivity contribution in [1.82, 2.24) is 5.32 Å². The molecule has 3 aliphatic rings. The van der Waals surface area contributed by atoms with Crippen molar-refractivity contribution in [2.75, 3.05) is 0 Å². The number of carbonyl (C=O) groups is 2. The van der Waals surface area contributed by atoms with Crippen LogP contribution in [0.2, 0.25) is 0 Å². The van der Waals surface area contributed by atoms with Crippen LogP contribution in [0.25, 0.3) is 0 Å². The molecule has 0 radical (unpaired) electrons. The Kier molecular flexibility index (Phi) is 2.10. The van der Waals surface area contributed by atoms with E-state index in [2.05, 4.69) is 11.4 Å². The molecule has 2 bridgehead atoms. The highest BCUT2D eigenvalue weighted by Crippen LogP contribution is 2.49. The number of benzene rings is 1. The van der Waals surface area contributed by atoms with Gasteiger partial charge < -0.3 is 10.1 Å². The lowest BCUT2D eigenvalue weighted by Crippen LogP contribution is -2.59. The number of fused-ring (bicyclic) bond motifs is 5. The van der Waals surface area contributed by atoms with Gasteiger partial charge in [0.25, 0.3) is 0 Å². The predicted molar refractivity (Wildman–Crippen MR) is 67.2 cm³/mol. The first-order valence-electron chi connectivity index (χ1n) is 6.50. The van der Waals surface area contributed by atoms with Gasteiger partial charge in [0.2, 0.25) is 5.91 Å². The minimum atomic E-state index is -0.307. The Morgan fingerprint density at radius 1 is 1.11 bits per heavy atom. The third kappa shape index (κ3) is 1.40. The van der Waals surface area contributed by atoms with Gasteiger partial charge in [0.1, 0.15) is 6.10 Å². The number of nitrogens with one attached hydrogen (secondary N) is 1. The first kappa shape index (κ1) is 10.8. The maximum absolute atomic E-state index is 12.1. The first-order chi connectivity index (χ1) is 9.25. The molecule has 2 fully saturated rings. The van der Waals surface area contributed by atoms with Gasteiger partial charge in [-0.1, -0.05) is 30.4 Å². The molecule has 96 valence electrons. The Labute approximate surface area is 110 Å². The Morgan fingerprint density at radius 3 is 2.53 bits per heavy atom. The van der Waals surface area contributed by atoms with Crippen molar-refractivity contribution in [3.05, 3.63) is 48.0 Å². The van der Waals surface area contributed by atoms with Crippen LogP contribution in [0.4, 0.5) is 0 Å². The fourth-order valence-electron chi connectivity index (χ4n) is 3.47. The molecule has 0 unspecified atom stereocenters. The lowest BCUT2D eigenvalue weighted by Gasteiger charge is -2.36. The van der Waals surface area contributed by atoms with Crippen LogP contribution in [0.1, 0.15) is 10.4 Å². The molecule has 19 heavy (non-hydrogen) atoms. The third-order valence-corrected chi connectivity index (χ3v) is 4.39. The topological polar surface area (TPSA) is 55.4 Å². The van der Waals surface area contributed by atoms with Crippen LogP contribution in [-0.4, -0.2) is 24.0 Å². The van der Waals surface area contributed by atoms with E-state index < -0.39 is 0 Å². The highest BCUT2D eigenvalue weighted by Gasteiger charge is 2.62. The van der Waals surface area contributed by atoms with Gasteiger partial charge >= 0.3 is 5.97 Å². The maximum Gasteiger partial charge on any atom is 0.338 e. The molecule has 1 heterocycles. The Morgan fingerprint density at radius 2 is 1.84 bits per heavy atom. The summed E-state index contributed by atoms with van der Waals surface area (Å²) in [7, 11) is 0. The van der Waals surface area contributed by atoms with E-state index in [1.54, 1.807) is 12.1 Å². The molecule has 0 aromatic heterocycles. The number of esters is 1. The number of carbonyl (C=O) groups excluding carboxylic acids is 2. The Balaban J connectivity index is 1.53. The summed E-state index contributed by atoms with van der Waals surface area (Å²) in [6, 6.07) is 9.13. The molecular formula is C15H13NO3. The average Bonchev–Trinajstić information content (AvgIpc) is 2.90. The van der Waals surface area contributed by atoms with E-state index in [1.165, 1.54) is 0 Å². The van der Waals surface area contributed by atoms with Crippen LogP contribution in [0.5, 0.6) is 0 Å². The minimum Gasteiger partial charge on any atom is -0.457 e. The van der Waals surface area contributed by atoms with Crippen LogP contribution in [0.15, 0.2) is 42.5 Å². The van der Waals surface area contributed by atoms with Crippen molar-refractivity contribution in [1.29, 1.82) is 0 Å². The lowest BCUT2D eigenvalue weighted by atomic mass is 9.82. The molecule has 1 aromatic rings. The SMILES string of the molecule is O=C(O[C@H]1[C@@H]2C=C[C@@H]1[C@H]1C(=O)N[C@H]21)c1ccccc1. The molecule has 1 aliphatic heterocycles. The summed E-state index contributed by atoms with van der Waals surface area (Å²) < 4.78 is 5.62. The monoisotopic (exact) mass is 255 g/mol. The summed E-state index contributed by atoms with van der Waals surface area (Å²) in [5.41, 5.74) is 0.556. The predicted octanol–water partition coefficient (Wildman–Crippen LogP) is 1.14. The van der Waals surface area contributed by atoms with Crippen LogP contribution >= 0.6 is 0 Å². The summed E-state index contributed by atoms with van der Waals surface area (Å²) in [5.74, 6) is -0.0268. The molecule has 1 amide bonds. The van der Waals surface area contributed by atoms with Gasteiger partial charge in [-0.2, -0.15) is 0 Å². The van der Waals surface area contributed by atoms with E-state index in [0.29, 0.717) is 5.56 Å². The molecule has 5 atom stereocenters.